The Balaban J connectivity index is 1.99. The number of ether oxygens (including phenoxy) is 1. The van der Waals surface area contributed by atoms with Gasteiger partial charge in [0.1, 0.15) is 5.75 Å². The van der Waals surface area contributed by atoms with E-state index in [1.54, 1.807) is 31.2 Å². The van der Waals surface area contributed by atoms with Gasteiger partial charge in [0.05, 0.1) is 0 Å². The topological polar surface area (TPSA) is 55.4 Å². The molecule has 2 aromatic rings. The molecule has 2 aromatic carbocycles. The van der Waals surface area contributed by atoms with E-state index in [0.29, 0.717) is 17.2 Å². The van der Waals surface area contributed by atoms with Crippen LogP contribution in [0.25, 0.3) is 0 Å². The lowest BCUT2D eigenvalue weighted by atomic mass is 10.0. The van der Waals surface area contributed by atoms with Gasteiger partial charge in [0, 0.05) is 11.3 Å². The highest BCUT2D eigenvalue weighted by molar-refractivity contribution is 5.95. The first kappa shape index (κ1) is 17.7. The van der Waals surface area contributed by atoms with Crippen LogP contribution in [0.15, 0.2) is 48.5 Å². The molecule has 0 aliphatic heterocycles. The van der Waals surface area contributed by atoms with E-state index in [4.69, 9.17) is 4.74 Å². The number of nitrogens with one attached hydrogen (secondary N) is 1. The molecule has 0 fully saturated rings. The Bertz CT molecular complexity index is 720. The largest absolute Gasteiger partial charge is 0.481 e. The van der Waals surface area contributed by atoms with Crippen molar-refractivity contribution in [2.24, 2.45) is 0 Å². The molecule has 0 saturated heterocycles. The van der Waals surface area contributed by atoms with Crippen molar-refractivity contribution in [2.75, 3.05) is 5.32 Å². The van der Waals surface area contributed by atoms with Crippen LogP contribution in [-0.2, 0) is 4.79 Å². The maximum atomic E-state index is 12.3. The van der Waals surface area contributed by atoms with Crippen LogP contribution in [0.2, 0.25) is 0 Å². The lowest BCUT2D eigenvalue weighted by Crippen LogP contribution is -2.30. The van der Waals surface area contributed by atoms with Gasteiger partial charge in [0.2, 0.25) is 0 Å². The van der Waals surface area contributed by atoms with Gasteiger partial charge in [-0.2, -0.15) is 0 Å². The first-order chi connectivity index (χ1) is 11.4. The van der Waals surface area contributed by atoms with Crippen LogP contribution >= 0.6 is 0 Å². The fourth-order valence-corrected chi connectivity index (χ4v) is 2.24. The number of amides is 1. The summed E-state index contributed by atoms with van der Waals surface area (Å²) in [6, 6.07) is 14.6. The Hall–Kier alpha value is -2.62. The number of hydrogen-bond acceptors (Lipinski definition) is 3. The predicted molar refractivity (Wildman–Crippen MR) is 95.7 cm³/mol. The molecule has 0 heterocycles. The summed E-state index contributed by atoms with van der Waals surface area (Å²) in [4.78, 5) is 23.7. The second kappa shape index (κ2) is 7.77. The van der Waals surface area contributed by atoms with Crippen molar-refractivity contribution < 1.29 is 14.3 Å². The van der Waals surface area contributed by atoms with Crippen LogP contribution in [0, 0.1) is 0 Å². The van der Waals surface area contributed by atoms with Crippen molar-refractivity contribution in [3.05, 3.63) is 59.7 Å². The van der Waals surface area contributed by atoms with Gasteiger partial charge in [0.25, 0.3) is 5.91 Å². The highest BCUT2D eigenvalue weighted by Gasteiger charge is 2.15. The Morgan fingerprint density at radius 1 is 1.00 bits per heavy atom. The third kappa shape index (κ3) is 4.69. The van der Waals surface area contributed by atoms with Gasteiger partial charge in [-0.1, -0.05) is 38.1 Å². The second-order valence-electron chi connectivity index (χ2n) is 6.11. The van der Waals surface area contributed by atoms with Crippen molar-refractivity contribution in [3.8, 4) is 5.75 Å². The first-order valence-corrected chi connectivity index (χ1v) is 8.05. The molecule has 0 aliphatic carbocycles. The summed E-state index contributed by atoms with van der Waals surface area (Å²) in [6.45, 7) is 7.42. The molecular formula is C20H23NO3. The first-order valence-electron chi connectivity index (χ1n) is 8.05. The van der Waals surface area contributed by atoms with Crippen molar-refractivity contribution in [1.29, 1.82) is 0 Å². The van der Waals surface area contributed by atoms with Gasteiger partial charge in [-0.15, -0.1) is 0 Å². The molecule has 0 saturated carbocycles. The van der Waals surface area contributed by atoms with Crippen molar-refractivity contribution >= 4 is 17.4 Å². The van der Waals surface area contributed by atoms with Gasteiger partial charge >= 0.3 is 0 Å². The number of hydrogen-bond donors (Lipinski definition) is 1. The van der Waals surface area contributed by atoms with Crippen molar-refractivity contribution in [1.82, 2.24) is 0 Å². The van der Waals surface area contributed by atoms with Crippen LogP contribution in [0.5, 0.6) is 5.75 Å². The maximum absolute atomic E-state index is 12.3. The highest BCUT2D eigenvalue weighted by Crippen LogP contribution is 2.18. The van der Waals surface area contributed by atoms with E-state index < -0.39 is 6.10 Å². The van der Waals surface area contributed by atoms with E-state index in [0.717, 1.165) is 5.69 Å². The Labute approximate surface area is 142 Å². The predicted octanol–water partition coefficient (Wildman–Crippen LogP) is 4.42. The number of rotatable bonds is 6. The molecule has 0 radical (unpaired) electrons. The van der Waals surface area contributed by atoms with Gasteiger partial charge in [-0.25, -0.2) is 0 Å². The molecule has 1 N–H and O–H groups in total. The molecule has 0 aliphatic rings. The average Bonchev–Trinajstić information content (AvgIpc) is 2.55. The quantitative estimate of drug-likeness (QED) is 0.800. The minimum atomic E-state index is -0.669. The smallest absolute Gasteiger partial charge is 0.265 e. The molecule has 2 rings (SSSR count). The number of carbonyl (C=O) groups excluding carboxylic acids is 2. The summed E-state index contributed by atoms with van der Waals surface area (Å²) in [7, 11) is 0. The van der Waals surface area contributed by atoms with Crippen molar-refractivity contribution in [2.45, 2.75) is 39.7 Å². The number of carbonyl (C=O) groups is 2. The Morgan fingerprint density at radius 2 is 1.67 bits per heavy atom. The number of Topliss-reactive ketones (excluding diaryl/α,β-unsaturated/α-hetero) is 1. The van der Waals surface area contributed by atoms with Crippen molar-refractivity contribution in [3.63, 3.8) is 0 Å². The monoisotopic (exact) mass is 325 g/mol. The molecule has 1 amide bonds. The molecule has 4 heteroatoms. The maximum Gasteiger partial charge on any atom is 0.265 e. The molecule has 4 nitrogen and oxygen atoms in total. The van der Waals surface area contributed by atoms with E-state index in [9.17, 15) is 9.59 Å². The molecule has 126 valence electrons. The fraction of sp³-hybridized carbons (Fsp3) is 0.300. The molecular weight excluding hydrogens is 302 g/mol. The molecule has 0 spiro atoms. The zero-order valence-corrected chi connectivity index (χ0v) is 14.5. The zero-order chi connectivity index (χ0) is 17.7. The summed E-state index contributed by atoms with van der Waals surface area (Å²) in [6.07, 6.45) is -0.669. The van der Waals surface area contributed by atoms with E-state index >= 15 is 0 Å². The summed E-state index contributed by atoms with van der Waals surface area (Å²) in [5.74, 6) is 0.675. The molecule has 1 atom stereocenters. The normalized spacial score (nSPS) is 11.9. The average molecular weight is 325 g/mol. The van der Waals surface area contributed by atoms with Crippen LogP contribution < -0.4 is 10.1 Å². The zero-order valence-electron chi connectivity index (χ0n) is 14.5. The minimum absolute atomic E-state index is 0.0391. The Morgan fingerprint density at radius 3 is 2.25 bits per heavy atom. The van der Waals surface area contributed by atoms with E-state index in [-0.39, 0.29) is 11.7 Å². The van der Waals surface area contributed by atoms with Gasteiger partial charge < -0.3 is 10.1 Å². The summed E-state index contributed by atoms with van der Waals surface area (Å²) < 4.78 is 5.64. The number of ketones is 1. The lowest BCUT2D eigenvalue weighted by Gasteiger charge is -2.15. The summed E-state index contributed by atoms with van der Waals surface area (Å²) in [5, 5.41) is 2.83. The van der Waals surface area contributed by atoms with Gasteiger partial charge in [-0.05, 0) is 49.6 Å². The minimum Gasteiger partial charge on any atom is -0.481 e. The lowest BCUT2D eigenvalue weighted by molar-refractivity contribution is -0.122. The molecule has 24 heavy (non-hydrogen) atoms. The third-order valence-corrected chi connectivity index (χ3v) is 3.77. The standard InChI is InChI=1S/C20H23NO3/c1-13(2)16-8-10-18(11-9-16)21-20(23)15(4)24-19-7-5-6-17(12-19)14(3)22/h5-13,15H,1-4H3,(H,21,23). The summed E-state index contributed by atoms with van der Waals surface area (Å²) >= 11 is 0. The fourth-order valence-electron chi connectivity index (χ4n) is 2.24. The van der Waals surface area contributed by atoms with Crippen LogP contribution in [0.4, 0.5) is 5.69 Å². The van der Waals surface area contributed by atoms with E-state index in [1.165, 1.54) is 12.5 Å². The van der Waals surface area contributed by atoms with Crippen LogP contribution in [0.1, 0.15) is 49.5 Å². The second-order valence-corrected chi connectivity index (χ2v) is 6.11. The number of benzene rings is 2. The molecule has 0 bridgehead atoms. The Kier molecular flexibility index (Phi) is 5.74. The SMILES string of the molecule is CC(=O)c1cccc(OC(C)C(=O)Nc2ccc(C(C)C)cc2)c1. The highest BCUT2D eigenvalue weighted by atomic mass is 16.5. The molecule has 1 unspecified atom stereocenters. The van der Waals surface area contributed by atoms with E-state index in [1.807, 2.05) is 24.3 Å². The van der Waals surface area contributed by atoms with Crippen LogP contribution in [0.3, 0.4) is 0 Å². The van der Waals surface area contributed by atoms with Crippen LogP contribution in [-0.4, -0.2) is 17.8 Å². The van der Waals surface area contributed by atoms with Gasteiger partial charge in [-0.3, -0.25) is 9.59 Å². The number of anilines is 1. The summed E-state index contributed by atoms with van der Waals surface area (Å²) in [5.41, 5.74) is 2.51. The molecule has 0 aromatic heterocycles. The van der Waals surface area contributed by atoms with E-state index in [2.05, 4.69) is 19.2 Å². The third-order valence-electron chi connectivity index (χ3n) is 3.77. The van der Waals surface area contributed by atoms with Gasteiger partial charge in [0.15, 0.2) is 11.9 Å².